The summed E-state index contributed by atoms with van der Waals surface area (Å²) in [5, 5.41) is 15.0. The number of para-hydroxylation sites is 2. The summed E-state index contributed by atoms with van der Waals surface area (Å²) in [4.78, 5) is 12.1. The molecule has 0 bridgehead atoms. The normalized spacial score (nSPS) is 11.0. The van der Waals surface area contributed by atoms with Crippen LogP contribution in [0.1, 0.15) is 6.92 Å². The van der Waals surface area contributed by atoms with Crippen molar-refractivity contribution < 1.29 is 4.79 Å². The van der Waals surface area contributed by atoms with E-state index in [1.165, 1.54) is 0 Å². The number of hydrogen-bond donors (Lipinski definition) is 2. The van der Waals surface area contributed by atoms with E-state index < -0.39 is 5.91 Å². The van der Waals surface area contributed by atoms with Crippen LogP contribution in [0.4, 0.5) is 11.4 Å². The van der Waals surface area contributed by atoms with Gasteiger partial charge in [0, 0.05) is 17.1 Å². The lowest BCUT2D eigenvalue weighted by atomic mass is 10.2. The van der Waals surface area contributed by atoms with Gasteiger partial charge in [0.2, 0.25) is 0 Å². The van der Waals surface area contributed by atoms with Gasteiger partial charge in [0.25, 0.3) is 5.91 Å². The molecule has 21 heavy (non-hydrogen) atoms. The molecule has 0 unspecified atom stereocenters. The number of rotatable bonds is 4. The minimum atomic E-state index is -0.426. The number of nitrogens with one attached hydrogen (secondary N) is 2. The van der Waals surface area contributed by atoms with Gasteiger partial charge in [0.1, 0.15) is 11.6 Å². The first-order valence-corrected chi connectivity index (χ1v) is 6.50. The predicted molar refractivity (Wildman–Crippen MR) is 83.4 cm³/mol. The molecule has 0 heterocycles. The van der Waals surface area contributed by atoms with E-state index in [9.17, 15) is 10.1 Å². The number of benzene rings is 2. The highest BCUT2D eigenvalue weighted by atomic mass is 16.1. The quantitative estimate of drug-likeness (QED) is 0.663. The molecule has 2 N–H and O–H groups in total. The maximum atomic E-state index is 12.1. The van der Waals surface area contributed by atoms with Gasteiger partial charge in [0.05, 0.1) is 0 Å². The Bertz CT molecular complexity index is 685. The second-order valence-corrected chi connectivity index (χ2v) is 4.42. The molecule has 0 atom stereocenters. The van der Waals surface area contributed by atoms with E-state index in [4.69, 9.17) is 0 Å². The van der Waals surface area contributed by atoms with Crippen molar-refractivity contribution >= 4 is 17.3 Å². The molecule has 0 aliphatic heterocycles. The molecule has 0 aliphatic carbocycles. The molecule has 2 aromatic carbocycles. The van der Waals surface area contributed by atoms with E-state index in [-0.39, 0.29) is 5.57 Å². The smallest absolute Gasteiger partial charge is 0.268 e. The second kappa shape index (κ2) is 6.92. The summed E-state index contributed by atoms with van der Waals surface area (Å²) in [6, 6.07) is 20.4. The van der Waals surface area contributed by atoms with Gasteiger partial charge in [-0.15, -0.1) is 0 Å². The van der Waals surface area contributed by atoms with Gasteiger partial charge in [-0.3, -0.25) is 4.79 Å². The molecule has 1 amide bonds. The summed E-state index contributed by atoms with van der Waals surface area (Å²) in [6.45, 7) is 1.70. The van der Waals surface area contributed by atoms with Crippen LogP contribution in [0, 0.1) is 11.3 Å². The Labute approximate surface area is 123 Å². The highest BCUT2D eigenvalue weighted by molar-refractivity contribution is 6.07. The van der Waals surface area contributed by atoms with Crippen molar-refractivity contribution in [2.75, 3.05) is 10.6 Å². The zero-order chi connectivity index (χ0) is 15.1. The van der Waals surface area contributed by atoms with Crippen molar-refractivity contribution in [3.05, 3.63) is 71.9 Å². The van der Waals surface area contributed by atoms with E-state index in [1.807, 2.05) is 54.6 Å². The first-order chi connectivity index (χ1) is 10.2. The van der Waals surface area contributed by atoms with Gasteiger partial charge in [-0.2, -0.15) is 5.26 Å². The minimum Gasteiger partial charge on any atom is -0.358 e. The van der Waals surface area contributed by atoms with Crippen LogP contribution in [0.5, 0.6) is 0 Å². The number of nitriles is 1. The fraction of sp³-hybridized carbons (Fsp3) is 0.0588. The molecule has 0 fully saturated rings. The van der Waals surface area contributed by atoms with E-state index in [2.05, 4.69) is 10.6 Å². The van der Waals surface area contributed by atoms with Crippen LogP contribution in [-0.2, 0) is 4.79 Å². The zero-order valence-electron chi connectivity index (χ0n) is 11.6. The molecular weight excluding hydrogens is 262 g/mol. The average molecular weight is 277 g/mol. The van der Waals surface area contributed by atoms with Crippen LogP contribution in [0.3, 0.4) is 0 Å². The number of nitrogens with zero attached hydrogens (tertiary/aromatic N) is 1. The van der Waals surface area contributed by atoms with Crippen molar-refractivity contribution in [2.45, 2.75) is 6.92 Å². The lowest BCUT2D eigenvalue weighted by Gasteiger charge is -2.09. The number of hydrogen-bond acceptors (Lipinski definition) is 3. The Morgan fingerprint density at radius 1 is 0.905 bits per heavy atom. The molecule has 0 saturated heterocycles. The van der Waals surface area contributed by atoms with Gasteiger partial charge in [-0.05, 0) is 31.2 Å². The fourth-order valence-corrected chi connectivity index (χ4v) is 1.82. The van der Waals surface area contributed by atoms with Crippen LogP contribution < -0.4 is 10.6 Å². The molecule has 0 saturated carbocycles. The molecule has 0 aliphatic rings. The SMILES string of the molecule is C/C(Nc1ccccc1)=C(/C#N)C(=O)Nc1ccccc1. The standard InChI is InChI=1S/C17H15N3O/c1-13(19-14-8-4-2-5-9-14)16(12-18)17(21)20-15-10-6-3-7-11-15/h2-11,19H,1H3,(H,20,21)/b16-13+. The maximum Gasteiger partial charge on any atom is 0.268 e. The first kappa shape index (κ1) is 14.4. The van der Waals surface area contributed by atoms with E-state index in [0.717, 1.165) is 5.69 Å². The monoisotopic (exact) mass is 277 g/mol. The van der Waals surface area contributed by atoms with E-state index >= 15 is 0 Å². The maximum absolute atomic E-state index is 12.1. The Morgan fingerprint density at radius 3 is 1.86 bits per heavy atom. The summed E-state index contributed by atoms with van der Waals surface area (Å²) in [7, 11) is 0. The van der Waals surface area contributed by atoms with Crippen LogP contribution in [0.2, 0.25) is 0 Å². The van der Waals surface area contributed by atoms with E-state index in [0.29, 0.717) is 11.4 Å². The van der Waals surface area contributed by atoms with Crippen molar-refractivity contribution in [1.82, 2.24) is 0 Å². The van der Waals surface area contributed by atoms with Gasteiger partial charge in [0.15, 0.2) is 0 Å². The number of carbonyl (C=O) groups is 1. The molecule has 2 aromatic rings. The third kappa shape index (κ3) is 3.95. The Morgan fingerprint density at radius 2 is 1.38 bits per heavy atom. The topological polar surface area (TPSA) is 64.9 Å². The lowest BCUT2D eigenvalue weighted by molar-refractivity contribution is -0.112. The third-order valence-corrected chi connectivity index (χ3v) is 2.85. The van der Waals surface area contributed by atoms with Crippen LogP contribution in [0.25, 0.3) is 0 Å². The minimum absolute atomic E-state index is 0.0581. The Balaban J connectivity index is 2.16. The highest BCUT2D eigenvalue weighted by Gasteiger charge is 2.13. The lowest BCUT2D eigenvalue weighted by Crippen LogP contribution is -2.16. The predicted octanol–water partition coefficient (Wildman–Crippen LogP) is 3.53. The summed E-state index contributed by atoms with van der Waals surface area (Å²) < 4.78 is 0. The molecule has 0 aromatic heterocycles. The molecular formula is C17H15N3O. The van der Waals surface area contributed by atoms with Gasteiger partial charge in [-0.25, -0.2) is 0 Å². The summed E-state index contributed by atoms with van der Waals surface area (Å²) in [6.07, 6.45) is 0. The van der Waals surface area contributed by atoms with Gasteiger partial charge < -0.3 is 10.6 Å². The molecule has 4 heteroatoms. The summed E-state index contributed by atoms with van der Waals surface area (Å²) >= 11 is 0. The van der Waals surface area contributed by atoms with Crippen molar-refractivity contribution in [2.24, 2.45) is 0 Å². The molecule has 104 valence electrons. The molecule has 4 nitrogen and oxygen atoms in total. The number of carbonyl (C=O) groups excluding carboxylic acids is 1. The van der Waals surface area contributed by atoms with Gasteiger partial charge >= 0.3 is 0 Å². The number of amides is 1. The highest BCUT2D eigenvalue weighted by Crippen LogP contribution is 2.13. The largest absolute Gasteiger partial charge is 0.358 e. The van der Waals surface area contributed by atoms with Crippen LogP contribution in [0.15, 0.2) is 71.9 Å². The third-order valence-electron chi connectivity index (χ3n) is 2.85. The molecule has 0 spiro atoms. The van der Waals surface area contributed by atoms with Crippen LogP contribution in [-0.4, -0.2) is 5.91 Å². The number of anilines is 2. The molecule has 2 rings (SSSR count). The fourth-order valence-electron chi connectivity index (χ4n) is 1.82. The van der Waals surface area contributed by atoms with Crippen molar-refractivity contribution in [3.63, 3.8) is 0 Å². The second-order valence-electron chi connectivity index (χ2n) is 4.42. The van der Waals surface area contributed by atoms with Crippen LogP contribution >= 0.6 is 0 Å². The number of allylic oxidation sites excluding steroid dienone is 1. The Hall–Kier alpha value is -3.06. The average Bonchev–Trinajstić information content (AvgIpc) is 2.50. The summed E-state index contributed by atoms with van der Waals surface area (Å²) in [5.74, 6) is -0.426. The van der Waals surface area contributed by atoms with Crippen molar-refractivity contribution in [1.29, 1.82) is 5.26 Å². The molecule has 0 radical (unpaired) electrons. The van der Waals surface area contributed by atoms with Crippen molar-refractivity contribution in [3.8, 4) is 6.07 Å². The summed E-state index contributed by atoms with van der Waals surface area (Å²) in [5.41, 5.74) is 2.05. The van der Waals surface area contributed by atoms with E-state index in [1.54, 1.807) is 19.1 Å². The zero-order valence-corrected chi connectivity index (χ0v) is 11.6. The van der Waals surface area contributed by atoms with Gasteiger partial charge in [-0.1, -0.05) is 36.4 Å². The Kier molecular flexibility index (Phi) is 4.73. The first-order valence-electron chi connectivity index (χ1n) is 6.50.